The average Bonchev–Trinajstić information content (AvgIpc) is 3.28. The van der Waals surface area contributed by atoms with Gasteiger partial charge in [0, 0.05) is 6.42 Å². The molecule has 66 heavy (non-hydrogen) atoms. The van der Waals surface area contributed by atoms with E-state index in [9.17, 15) is 33.9 Å². The second-order valence-corrected chi connectivity index (χ2v) is 17.6. The maximum Gasteiger partial charge on any atom is 0.333 e. The second-order valence-electron chi connectivity index (χ2n) is 17.6. The Kier molecular flexibility index (Phi) is 31.7. The van der Waals surface area contributed by atoms with Crippen molar-refractivity contribution < 1.29 is 43.3 Å². The van der Waals surface area contributed by atoms with Crippen LogP contribution in [0.4, 0.5) is 0 Å². The van der Waals surface area contributed by atoms with Gasteiger partial charge in [-0.25, -0.2) is 4.79 Å². The van der Waals surface area contributed by atoms with E-state index in [1.54, 1.807) is 77.1 Å². The Bertz CT molecular complexity index is 1730. The van der Waals surface area contributed by atoms with Gasteiger partial charge in [-0.15, -0.1) is 12.8 Å². The van der Waals surface area contributed by atoms with E-state index in [-0.39, 0.29) is 44.1 Å². The number of benzene rings is 1. The summed E-state index contributed by atoms with van der Waals surface area (Å²) >= 11 is 0. The molecule has 4 atom stereocenters. The van der Waals surface area contributed by atoms with E-state index in [0.29, 0.717) is 36.3 Å². The number of hydrogen-bond acceptors (Lipinski definition) is 9. The van der Waals surface area contributed by atoms with Crippen molar-refractivity contribution in [1.82, 2.24) is 26.6 Å². The molecule has 4 unspecified atom stereocenters. The Morgan fingerprint density at radius 1 is 0.803 bits per heavy atom. The molecule has 0 spiro atoms. The first-order valence-electron chi connectivity index (χ1n) is 23.4. The molecule has 0 saturated heterocycles. The third-order valence-corrected chi connectivity index (χ3v) is 9.85. The molecule has 5 amide bonds. The number of aliphatic hydroxyl groups excluding tert-OH is 1. The van der Waals surface area contributed by atoms with Gasteiger partial charge in [0.05, 0.1) is 24.9 Å². The fourth-order valence-electron chi connectivity index (χ4n) is 6.40. The minimum atomic E-state index is -1.77. The molecule has 1 aromatic rings. The number of ether oxygens (including phenoxy) is 2. The molecule has 0 heterocycles. The number of hydrogen-bond donors (Lipinski definition) is 6. The molecule has 0 aliphatic heterocycles. The number of carbonyl (C=O) groups excluding carboxylic acids is 6. The average molecular weight is 920 g/mol. The van der Waals surface area contributed by atoms with Gasteiger partial charge in [-0.2, -0.15) is 0 Å². The number of aliphatic hydroxyl groups is 1. The van der Waals surface area contributed by atoms with Gasteiger partial charge in [0.25, 0.3) is 5.91 Å². The number of carbonyl (C=O) groups is 6. The molecular weight excluding hydrogens is 839 g/mol. The van der Waals surface area contributed by atoms with Crippen LogP contribution in [0.3, 0.4) is 0 Å². The van der Waals surface area contributed by atoms with E-state index in [0.717, 1.165) is 12.0 Å². The number of esters is 1. The zero-order chi connectivity index (χ0) is 50.1. The van der Waals surface area contributed by atoms with Crippen molar-refractivity contribution in [2.45, 2.75) is 175 Å². The van der Waals surface area contributed by atoms with Gasteiger partial charge in [0.1, 0.15) is 17.4 Å². The molecule has 1 saturated carbocycles. The quantitative estimate of drug-likeness (QED) is 0.0177. The fourth-order valence-corrected chi connectivity index (χ4v) is 6.40. The molecular formula is C52H81N5O9. The fraction of sp³-hybridized carbons (Fsp3) is 0.577. The van der Waals surface area contributed by atoms with Crippen LogP contribution < -0.4 is 26.6 Å². The highest BCUT2D eigenvalue weighted by Gasteiger charge is 2.32. The summed E-state index contributed by atoms with van der Waals surface area (Å²) in [5.41, 5.74) is 0.686. The Morgan fingerprint density at radius 2 is 1.38 bits per heavy atom. The maximum absolute atomic E-state index is 13.8. The molecule has 1 aliphatic carbocycles. The number of nitrogens with one attached hydrogen (secondary N) is 5. The Balaban J connectivity index is 0.00000479. The molecule has 1 aliphatic rings. The lowest BCUT2D eigenvalue weighted by Crippen LogP contribution is -2.56. The van der Waals surface area contributed by atoms with Gasteiger partial charge < -0.3 is 41.2 Å². The predicted molar refractivity (Wildman–Crippen MR) is 262 cm³/mol. The summed E-state index contributed by atoms with van der Waals surface area (Å²) in [7, 11) is 0. The lowest BCUT2D eigenvalue weighted by atomic mass is 10.0. The lowest BCUT2D eigenvalue weighted by molar-refractivity contribution is -0.158. The van der Waals surface area contributed by atoms with Gasteiger partial charge >= 0.3 is 5.97 Å². The van der Waals surface area contributed by atoms with Gasteiger partial charge in [0.15, 0.2) is 12.1 Å². The van der Waals surface area contributed by atoms with Crippen LogP contribution in [-0.4, -0.2) is 77.5 Å². The first-order chi connectivity index (χ1) is 31.3. The standard InChI is InChI=1S/C44H67N5O9.C6H12.C2H2/c1-11-18-34(40(53)42(55)46-28-38(52)49-39(32-20-14-13-15-21-32)43(56)58-44(8,9)10)48-41(54)35(23-17-22-33(57-30(5)6)26-25-29(3)4)47-37(51)27-45-36(50)24-16-19-31(7)12-2;1-2-4-6-5-3-1;1-2/h13-15,20-22,25-26,29,34-35,39-40,53H,5,7,11-12,16-19,23-24,27-28H2,1-4,6,8-10H3,(H,45,50)(H,46,55)(H,47,51)(H,48,54)(H,49,52);1-6H2;1-2H/b26-25-,33-22+;;. The minimum absolute atomic E-state index is 0.102. The van der Waals surface area contributed by atoms with Gasteiger partial charge in [-0.1, -0.05) is 128 Å². The normalized spacial score (nSPS) is 14.3. The highest BCUT2D eigenvalue weighted by molar-refractivity contribution is 5.92. The van der Waals surface area contributed by atoms with Crippen LogP contribution >= 0.6 is 0 Å². The molecule has 6 N–H and O–H groups in total. The summed E-state index contributed by atoms with van der Waals surface area (Å²) in [5.74, 6) is -2.72. The van der Waals surface area contributed by atoms with Crippen molar-refractivity contribution in [2.24, 2.45) is 5.92 Å². The number of amides is 5. The van der Waals surface area contributed by atoms with Crippen LogP contribution in [0.1, 0.15) is 157 Å². The Hall–Kier alpha value is -5.68. The monoisotopic (exact) mass is 920 g/mol. The molecule has 1 fully saturated rings. The van der Waals surface area contributed by atoms with Crippen molar-refractivity contribution in [2.75, 3.05) is 13.1 Å². The topological polar surface area (TPSA) is 201 Å². The van der Waals surface area contributed by atoms with E-state index in [4.69, 9.17) is 9.47 Å². The highest BCUT2D eigenvalue weighted by Crippen LogP contribution is 2.19. The second kappa shape index (κ2) is 34.6. The van der Waals surface area contributed by atoms with Crippen molar-refractivity contribution in [3.63, 3.8) is 0 Å². The summed E-state index contributed by atoms with van der Waals surface area (Å²) < 4.78 is 11.2. The van der Waals surface area contributed by atoms with Crippen molar-refractivity contribution >= 4 is 35.5 Å². The lowest BCUT2D eigenvalue weighted by Gasteiger charge is -2.26. The van der Waals surface area contributed by atoms with Crippen LogP contribution in [0.2, 0.25) is 0 Å². The molecule has 0 bridgehead atoms. The third-order valence-electron chi connectivity index (χ3n) is 9.85. The summed E-state index contributed by atoms with van der Waals surface area (Å²) in [5, 5.41) is 24.0. The minimum Gasteiger partial charge on any atom is -0.463 e. The van der Waals surface area contributed by atoms with Crippen LogP contribution in [0.5, 0.6) is 0 Å². The van der Waals surface area contributed by atoms with Crippen LogP contribution in [0, 0.1) is 18.8 Å². The van der Waals surface area contributed by atoms with E-state index >= 15 is 0 Å². The van der Waals surface area contributed by atoms with Crippen molar-refractivity contribution in [3.05, 3.63) is 84.4 Å². The van der Waals surface area contributed by atoms with Crippen LogP contribution in [-0.2, 0) is 38.2 Å². The number of rotatable bonds is 26. The summed E-state index contributed by atoms with van der Waals surface area (Å²) in [6, 6.07) is 5.11. The van der Waals surface area contributed by atoms with E-state index < -0.39 is 66.0 Å². The van der Waals surface area contributed by atoms with Crippen LogP contribution in [0.15, 0.2) is 78.8 Å². The van der Waals surface area contributed by atoms with Crippen molar-refractivity contribution in [1.29, 1.82) is 0 Å². The maximum atomic E-state index is 13.8. The summed E-state index contributed by atoms with van der Waals surface area (Å²) in [6.45, 7) is 21.4. The van der Waals surface area contributed by atoms with Crippen LogP contribution in [0.25, 0.3) is 0 Å². The Morgan fingerprint density at radius 3 is 1.91 bits per heavy atom. The molecule has 14 heteroatoms. The van der Waals surface area contributed by atoms with Gasteiger partial charge in [0.2, 0.25) is 23.6 Å². The van der Waals surface area contributed by atoms with Crippen molar-refractivity contribution in [3.8, 4) is 12.8 Å². The highest BCUT2D eigenvalue weighted by atomic mass is 16.6. The Labute approximate surface area is 395 Å². The first kappa shape index (κ1) is 60.3. The third kappa shape index (κ3) is 29.0. The SMILES string of the molecule is C#C.C1CCCCC1.C=C(CC)CCCC(=O)NCC(=O)NC(CC/C=C(\C=C/C(C)C)OC(=C)C)C(=O)NC(CCC)C(O)C(=O)NCC(=O)NC(C(=O)OC(C)(C)C)c1ccccc1. The summed E-state index contributed by atoms with van der Waals surface area (Å²) in [6.07, 6.45) is 24.1. The predicted octanol–water partition coefficient (Wildman–Crippen LogP) is 7.70. The molecule has 0 radical (unpaired) electrons. The van der Waals surface area contributed by atoms with Gasteiger partial charge in [-0.05, 0) is 89.9 Å². The number of allylic oxidation sites excluding steroid dienone is 5. The van der Waals surface area contributed by atoms with E-state index in [1.165, 1.54) is 38.5 Å². The van der Waals surface area contributed by atoms with Gasteiger partial charge in [-0.3, -0.25) is 24.0 Å². The molecule has 1 aromatic carbocycles. The molecule has 2 rings (SSSR count). The molecule has 14 nitrogen and oxygen atoms in total. The molecule has 368 valence electrons. The van der Waals surface area contributed by atoms with E-state index in [2.05, 4.69) is 52.6 Å². The number of terminal acetylenes is 1. The zero-order valence-corrected chi connectivity index (χ0v) is 41.1. The van der Waals surface area contributed by atoms with E-state index in [1.807, 2.05) is 26.8 Å². The zero-order valence-electron chi connectivity index (χ0n) is 41.1. The first-order valence-corrected chi connectivity index (χ1v) is 23.4. The molecule has 0 aromatic heterocycles. The largest absolute Gasteiger partial charge is 0.463 e. The summed E-state index contributed by atoms with van der Waals surface area (Å²) in [4.78, 5) is 78.3. The smallest absolute Gasteiger partial charge is 0.333 e.